The van der Waals surface area contributed by atoms with E-state index in [2.05, 4.69) is 10.3 Å². The van der Waals surface area contributed by atoms with Crippen LogP contribution in [0.1, 0.15) is 26.7 Å². The molecule has 1 rings (SSSR count). The average molecular weight is 288 g/mol. The highest BCUT2D eigenvalue weighted by molar-refractivity contribution is 5.93. The summed E-state index contributed by atoms with van der Waals surface area (Å²) in [5.74, 6) is -1.21. The van der Waals surface area contributed by atoms with Crippen LogP contribution in [0.3, 0.4) is 0 Å². The molecule has 3 unspecified atom stereocenters. The number of carbonyl (C=O) groups is 1. The number of carbonyl (C=O) groups excluding carboxylic acids is 1. The first-order valence-corrected chi connectivity index (χ1v) is 6.69. The Labute approximate surface area is 119 Å². The van der Waals surface area contributed by atoms with E-state index in [0.717, 1.165) is 0 Å². The minimum atomic E-state index is -1.08. The molecular formula is C13H24N2O5. The molecule has 0 saturated carbocycles. The summed E-state index contributed by atoms with van der Waals surface area (Å²) in [5.41, 5.74) is 0.690. The predicted octanol–water partition coefficient (Wildman–Crippen LogP) is 0.0699. The third-order valence-electron chi connectivity index (χ3n) is 3.18. The highest BCUT2D eigenvalue weighted by Gasteiger charge is 2.44. The van der Waals surface area contributed by atoms with Crippen molar-refractivity contribution in [2.75, 3.05) is 27.3 Å². The number of aliphatic hydroxyl groups is 1. The Morgan fingerprint density at radius 3 is 2.70 bits per heavy atom. The van der Waals surface area contributed by atoms with Gasteiger partial charge in [-0.2, -0.15) is 0 Å². The third kappa shape index (κ3) is 4.52. The van der Waals surface area contributed by atoms with Gasteiger partial charge in [0.15, 0.2) is 0 Å². The van der Waals surface area contributed by atoms with Gasteiger partial charge in [-0.1, -0.05) is 0 Å². The lowest BCUT2D eigenvalue weighted by Gasteiger charge is -2.21. The van der Waals surface area contributed by atoms with E-state index >= 15 is 0 Å². The van der Waals surface area contributed by atoms with Crippen molar-refractivity contribution in [3.63, 3.8) is 0 Å². The van der Waals surface area contributed by atoms with Crippen LogP contribution < -0.4 is 5.32 Å². The van der Waals surface area contributed by atoms with E-state index in [1.807, 2.05) is 6.92 Å². The van der Waals surface area contributed by atoms with Crippen molar-refractivity contribution in [1.82, 2.24) is 5.32 Å². The van der Waals surface area contributed by atoms with Crippen molar-refractivity contribution in [3.8, 4) is 0 Å². The Kier molecular flexibility index (Phi) is 6.54. The first kappa shape index (κ1) is 17.0. The maximum atomic E-state index is 11.5. The molecule has 0 spiro atoms. The second-order valence-corrected chi connectivity index (χ2v) is 4.75. The zero-order valence-electron chi connectivity index (χ0n) is 12.5. The van der Waals surface area contributed by atoms with E-state index in [-0.39, 0.29) is 24.7 Å². The lowest BCUT2D eigenvalue weighted by molar-refractivity contribution is -0.314. The van der Waals surface area contributed by atoms with Crippen molar-refractivity contribution in [2.45, 2.75) is 44.9 Å². The van der Waals surface area contributed by atoms with E-state index < -0.39 is 5.97 Å². The van der Waals surface area contributed by atoms with Crippen LogP contribution in [0.2, 0.25) is 0 Å². The van der Waals surface area contributed by atoms with Gasteiger partial charge < -0.3 is 24.6 Å². The molecule has 0 aromatic heterocycles. The normalized spacial score (nSPS) is 30.6. The van der Waals surface area contributed by atoms with Crippen molar-refractivity contribution >= 4 is 11.6 Å². The summed E-state index contributed by atoms with van der Waals surface area (Å²) >= 11 is 0. The van der Waals surface area contributed by atoms with Gasteiger partial charge in [0.1, 0.15) is 6.10 Å². The second kappa shape index (κ2) is 7.68. The number of aliphatic hydroxyl groups excluding tert-OH is 1. The number of aliphatic imine (C=N–C) groups is 1. The predicted molar refractivity (Wildman–Crippen MR) is 73.5 cm³/mol. The maximum Gasteiger partial charge on any atom is 0.280 e. The smallest absolute Gasteiger partial charge is 0.280 e. The van der Waals surface area contributed by atoms with E-state index in [1.54, 1.807) is 14.0 Å². The Bertz CT molecular complexity index is 361. The summed E-state index contributed by atoms with van der Waals surface area (Å²) in [6.07, 6.45) is 0.169. The Morgan fingerprint density at radius 1 is 1.50 bits per heavy atom. The van der Waals surface area contributed by atoms with Gasteiger partial charge in [-0.3, -0.25) is 9.79 Å². The second-order valence-electron chi connectivity index (χ2n) is 4.75. The fraction of sp³-hybridized carbons (Fsp3) is 0.846. The van der Waals surface area contributed by atoms with Crippen LogP contribution in [-0.2, 0) is 19.0 Å². The molecule has 1 saturated heterocycles. The molecule has 0 radical (unpaired) electrons. The molecule has 1 fully saturated rings. The fourth-order valence-corrected chi connectivity index (χ4v) is 2.01. The molecule has 20 heavy (non-hydrogen) atoms. The van der Waals surface area contributed by atoms with Crippen LogP contribution >= 0.6 is 0 Å². The van der Waals surface area contributed by atoms with Crippen molar-refractivity contribution in [1.29, 1.82) is 0 Å². The van der Waals surface area contributed by atoms with Crippen LogP contribution in [0.25, 0.3) is 0 Å². The summed E-state index contributed by atoms with van der Waals surface area (Å²) in [7, 11) is 3.16. The van der Waals surface area contributed by atoms with Crippen LogP contribution in [0.5, 0.6) is 0 Å². The molecule has 0 aliphatic carbocycles. The zero-order chi connectivity index (χ0) is 15.2. The lowest BCUT2D eigenvalue weighted by Crippen LogP contribution is -2.39. The number of amides is 1. The summed E-state index contributed by atoms with van der Waals surface area (Å²) in [6, 6.07) is 0. The first-order chi connectivity index (χ1) is 9.45. The van der Waals surface area contributed by atoms with Crippen LogP contribution in [0, 0.1) is 0 Å². The average Bonchev–Trinajstić information content (AvgIpc) is 2.73. The zero-order valence-corrected chi connectivity index (χ0v) is 12.5. The molecule has 116 valence electrons. The highest BCUT2D eigenvalue weighted by atomic mass is 16.9. The monoisotopic (exact) mass is 288 g/mol. The standard InChI is InChI=1S/C13H24N2O5/c1-9-12(20-13(2,18-4)19-9)10(14-3)8-15-11(17)6-5-7-16/h9,12,16H,5-8H2,1-4H3,(H,15,17)/b14-10+. The maximum absolute atomic E-state index is 11.5. The lowest BCUT2D eigenvalue weighted by atomic mass is 10.1. The third-order valence-corrected chi connectivity index (χ3v) is 3.18. The topological polar surface area (TPSA) is 89.4 Å². The number of hydrogen-bond donors (Lipinski definition) is 2. The summed E-state index contributed by atoms with van der Waals surface area (Å²) < 4.78 is 16.5. The first-order valence-electron chi connectivity index (χ1n) is 6.69. The largest absolute Gasteiger partial charge is 0.396 e. The molecule has 1 amide bonds. The number of nitrogens with one attached hydrogen (secondary N) is 1. The number of hydrogen-bond acceptors (Lipinski definition) is 6. The minimum Gasteiger partial charge on any atom is -0.396 e. The van der Waals surface area contributed by atoms with Crippen molar-refractivity contribution < 1.29 is 24.1 Å². The van der Waals surface area contributed by atoms with Crippen molar-refractivity contribution in [2.24, 2.45) is 4.99 Å². The summed E-state index contributed by atoms with van der Waals surface area (Å²) in [5, 5.41) is 11.4. The molecule has 7 nitrogen and oxygen atoms in total. The number of nitrogens with zero attached hydrogens (tertiary/aromatic N) is 1. The van der Waals surface area contributed by atoms with Gasteiger partial charge in [0.2, 0.25) is 5.91 Å². The quantitative estimate of drug-likeness (QED) is 0.647. The Balaban J connectivity index is 2.53. The minimum absolute atomic E-state index is 0.00491. The van der Waals surface area contributed by atoms with Gasteiger partial charge >= 0.3 is 0 Å². The van der Waals surface area contributed by atoms with Gasteiger partial charge in [0.05, 0.1) is 18.4 Å². The number of rotatable bonds is 7. The summed E-state index contributed by atoms with van der Waals surface area (Å²) in [4.78, 5) is 15.7. The SMILES string of the molecule is C/N=C(\CNC(=O)CCCO)C1OC(C)(OC)OC1C. The van der Waals surface area contributed by atoms with Crippen molar-refractivity contribution in [3.05, 3.63) is 0 Å². The Morgan fingerprint density at radius 2 is 2.20 bits per heavy atom. The molecule has 1 heterocycles. The Hall–Kier alpha value is -1.02. The van der Waals surface area contributed by atoms with Gasteiger partial charge in [-0.05, 0) is 13.3 Å². The summed E-state index contributed by atoms with van der Waals surface area (Å²) in [6.45, 7) is 3.86. The molecular weight excluding hydrogens is 264 g/mol. The number of methoxy groups -OCH3 is 1. The highest BCUT2D eigenvalue weighted by Crippen LogP contribution is 2.29. The van der Waals surface area contributed by atoms with Gasteiger partial charge in [0, 0.05) is 34.1 Å². The van der Waals surface area contributed by atoms with Crippen LogP contribution in [0.4, 0.5) is 0 Å². The molecule has 0 aromatic rings. The molecule has 0 aromatic carbocycles. The van der Waals surface area contributed by atoms with Crippen LogP contribution in [0.15, 0.2) is 4.99 Å². The van der Waals surface area contributed by atoms with E-state index in [4.69, 9.17) is 19.3 Å². The number of ether oxygens (including phenoxy) is 3. The van der Waals surface area contributed by atoms with Gasteiger partial charge in [-0.25, -0.2) is 0 Å². The molecule has 0 bridgehead atoms. The van der Waals surface area contributed by atoms with Gasteiger partial charge in [0.25, 0.3) is 5.97 Å². The molecule has 2 N–H and O–H groups in total. The van der Waals surface area contributed by atoms with Gasteiger partial charge in [-0.15, -0.1) is 0 Å². The van der Waals surface area contributed by atoms with E-state index in [9.17, 15) is 4.79 Å². The molecule has 7 heteroatoms. The molecule has 1 aliphatic rings. The van der Waals surface area contributed by atoms with E-state index in [1.165, 1.54) is 7.11 Å². The fourth-order valence-electron chi connectivity index (χ4n) is 2.01. The molecule has 1 aliphatic heterocycles. The molecule has 3 atom stereocenters. The van der Waals surface area contributed by atoms with E-state index in [0.29, 0.717) is 25.1 Å². The van der Waals surface area contributed by atoms with Crippen LogP contribution in [-0.4, -0.2) is 62.2 Å².